The van der Waals surface area contributed by atoms with Gasteiger partial charge in [0.15, 0.2) is 0 Å². The minimum Gasteiger partial charge on any atom is -0.435 e. The van der Waals surface area contributed by atoms with Gasteiger partial charge in [0.2, 0.25) is 0 Å². The fourth-order valence-electron chi connectivity index (χ4n) is 2.43. The van der Waals surface area contributed by atoms with Crippen molar-refractivity contribution in [3.63, 3.8) is 0 Å². The third-order valence-corrected chi connectivity index (χ3v) is 3.61. The maximum Gasteiger partial charge on any atom is 0.387 e. The number of aromatic amines is 1. The molecule has 1 heterocycles. The normalized spacial score (nSPS) is 13.3. The second kappa shape index (κ2) is 7.72. The number of alkyl halides is 2. The van der Waals surface area contributed by atoms with Crippen molar-refractivity contribution in [1.29, 1.82) is 0 Å². The van der Waals surface area contributed by atoms with E-state index < -0.39 is 12.7 Å². The zero-order valence-electron chi connectivity index (χ0n) is 14.0. The quantitative estimate of drug-likeness (QED) is 0.725. The fraction of sp³-hybridized carbons (Fsp3) is 0.471. The van der Waals surface area contributed by atoms with Crippen LogP contribution in [-0.2, 0) is 12.0 Å². The van der Waals surface area contributed by atoms with E-state index in [1.54, 1.807) is 18.3 Å². The second-order valence-electron chi connectivity index (χ2n) is 6.61. The van der Waals surface area contributed by atoms with Crippen LogP contribution in [0.3, 0.4) is 0 Å². The number of benzene rings is 1. The van der Waals surface area contributed by atoms with Crippen molar-refractivity contribution >= 4 is 0 Å². The maximum absolute atomic E-state index is 12.1. The minimum absolute atomic E-state index is 0.0351. The number of ether oxygens (including phenoxy) is 1. The first-order valence-electron chi connectivity index (χ1n) is 7.73. The van der Waals surface area contributed by atoms with Crippen LogP contribution in [0.1, 0.15) is 43.7 Å². The number of aromatic nitrogens is 2. The summed E-state index contributed by atoms with van der Waals surface area (Å²) in [6.45, 7) is 4.36. The Hall–Kier alpha value is -1.99. The molecule has 5 nitrogen and oxygen atoms in total. The highest BCUT2D eigenvalue weighted by Gasteiger charge is 2.19. The second-order valence-corrected chi connectivity index (χ2v) is 6.61. The molecule has 0 fully saturated rings. The van der Waals surface area contributed by atoms with Gasteiger partial charge in [-0.3, -0.25) is 5.10 Å². The standard InChI is InChI=1S/C17H23F2N3O2/c1-17(2,3)15-12(9-21-22-15)8-20-10-14(23)11-4-6-13(7-5-11)24-16(18)19/h4-7,9,14,16,20,23H,8,10H2,1-3H3,(H,21,22). The molecule has 0 saturated carbocycles. The summed E-state index contributed by atoms with van der Waals surface area (Å²) >= 11 is 0. The predicted octanol–water partition coefficient (Wildman–Crippen LogP) is 3.13. The van der Waals surface area contributed by atoms with E-state index in [1.165, 1.54) is 12.1 Å². The molecule has 0 saturated heterocycles. The monoisotopic (exact) mass is 339 g/mol. The van der Waals surface area contributed by atoms with Crippen molar-refractivity contribution in [3.8, 4) is 5.75 Å². The lowest BCUT2D eigenvalue weighted by Gasteiger charge is -2.19. The van der Waals surface area contributed by atoms with E-state index in [0.29, 0.717) is 18.7 Å². The Kier molecular flexibility index (Phi) is 5.90. The highest BCUT2D eigenvalue weighted by atomic mass is 19.3. The Morgan fingerprint density at radius 3 is 2.50 bits per heavy atom. The Balaban J connectivity index is 1.87. The van der Waals surface area contributed by atoms with Gasteiger partial charge in [0.25, 0.3) is 0 Å². The molecule has 1 aromatic carbocycles. The van der Waals surface area contributed by atoms with E-state index in [-0.39, 0.29) is 11.2 Å². The zero-order valence-corrected chi connectivity index (χ0v) is 14.0. The first kappa shape index (κ1) is 18.4. The van der Waals surface area contributed by atoms with Gasteiger partial charge in [0.1, 0.15) is 5.75 Å². The van der Waals surface area contributed by atoms with E-state index in [0.717, 1.165) is 11.3 Å². The lowest BCUT2D eigenvalue weighted by molar-refractivity contribution is -0.0498. The molecule has 3 N–H and O–H groups in total. The number of aliphatic hydroxyl groups excluding tert-OH is 1. The summed E-state index contributed by atoms with van der Waals surface area (Å²) in [5.74, 6) is 0.0714. The molecule has 0 aliphatic heterocycles. The van der Waals surface area contributed by atoms with Crippen LogP contribution < -0.4 is 10.1 Å². The topological polar surface area (TPSA) is 70.2 Å². The van der Waals surface area contributed by atoms with Crippen LogP contribution in [0.25, 0.3) is 0 Å². The number of nitrogens with one attached hydrogen (secondary N) is 2. The molecule has 24 heavy (non-hydrogen) atoms. The third-order valence-electron chi connectivity index (χ3n) is 3.61. The van der Waals surface area contributed by atoms with Gasteiger partial charge in [-0.1, -0.05) is 32.9 Å². The van der Waals surface area contributed by atoms with Crippen LogP contribution in [0.2, 0.25) is 0 Å². The number of rotatable bonds is 7. The van der Waals surface area contributed by atoms with Gasteiger partial charge in [-0.15, -0.1) is 0 Å². The molecule has 0 aliphatic rings. The van der Waals surface area contributed by atoms with Crippen LogP contribution in [0.5, 0.6) is 5.75 Å². The molecule has 1 unspecified atom stereocenters. The molecule has 7 heteroatoms. The summed E-state index contributed by atoms with van der Waals surface area (Å²) < 4.78 is 28.5. The smallest absolute Gasteiger partial charge is 0.387 e. The Bertz CT molecular complexity index is 636. The Morgan fingerprint density at radius 1 is 1.25 bits per heavy atom. The lowest BCUT2D eigenvalue weighted by atomic mass is 9.89. The summed E-state index contributed by atoms with van der Waals surface area (Å²) in [4.78, 5) is 0. The first-order valence-corrected chi connectivity index (χ1v) is 7.73. The Morgan fingerprint density at radius 2 is 1.92 bits per heavy atom. The van der Waals surface area contributed by atoms with Gasteiger partial charge >= 0.3 is 6.61 Å². The molecule has 1 aromatic heterocycles. The van der Waals surface area contributed by atoms with Crippen LogP contribution in [0, 0.1) is 0 Å². The number of hydrogen-bond acceptors (Lipinski definition) is 4. The SMILES string of the molecule is CC(C)(C)c1[nH]ncc1CNCC(O)c1ccc(OC(F)F)cc1. The highest BCUT2D eigenvalue weighted by molar-refractivity contribution is 5.29. The number of H-pyrrole nitrogens is 1. The van der Waals surface area contributed by atoms with Crippen LogP contribution in [-0.4, -0.2) is 28.5 Å². The first-order chi connectivity index (χ1) is 11.3. The fourth-order valence-corrected chi connectivity index (χ4v) is 2.43. The Labute approximate surface area is 140 Å². The number of aliphatic hydroxyl groups is 1. The summed E-state index contributed by atoms with van der Waals surface area (Å²) in [5.41, 5.74) is 2.70. The van der Waals surface area contributed by atoms with Crippen molar-refractivity contribution in [2.24, 2.45) is 0 Å². The van der Waals surface area contributed by atoms with E-state index in [1.807, 2.05) is 0 Å². The van der Waals surface area contributed by atoms with E-state index in [9.17, 15) is 13.9 Å². The molecular weight excluding hydrogens is 316 g/mol. The van der Waals surface area contributed by atoms with Crippen molar-refractivity contribution in [1.82, 2.24) is 15.5 Å². The van der Waals surface area contributed by atoms with Crippen molar-refractivity contribution < 1.29 is 18.6 Å². The van der Waals surface area contributed by atoms with Gasteiger partial charge < -0.3 is 15.2 Å². The molecule has 2 rings (SSSR count). The van der Waals surface area contributed by atoms with E-state index >= 15 is 0 Å². The van der Waals surface area contributed by atoms with Gasteiger partial charge in [-0.05, 0) is 17.7 Å². The molecule has 0 aliphatic carbocycles. The maximum atomic E-state index is 12.1. The van der Waals surface area contributed by atoms with Crippen molar-refractivity contribution in [2.45, 2.75) is 45.4 Å². The molecule has 0 bridgehead atoms. The summed E-state index contributed by atoms with van der Waals surface area (Å²) in [7, 11) is 0. The molecular formula is C17H23F2N3O2. The van der Waals surface area contributed by atoms with E-state index in [2.05, 4.69) is 41.0 Å². The predicted molar refractivity (Wildman–Crippen MR) is 87.0 cm³/mol. The van der Waals surface area contributed by atoms with Crippen molar-refractivity contribution in [3.05, 3.63) is 47.3 Å². The molecule has 0 spiro atoms. The largest absolute Gasteiger partial charge is 0.435 e. The van der Waals surface area contributed by atoms with Gasteiger partial charge in [0, 0.05) is 29.8 Å². The van der Waals surface area contributed by atoms with E-state index in [4.69, 9.17) is 0 Å². The highest BCUT2D eigenvalue weighted by Crippen LogP contribution is 2.23. The number of hydrogen-bond donors (Lipinski definition) is 3. The number of halogens is 2. The van der Waals surface area contributed by atoms with Crippen LogP contribution in [0.15, 0.2) is 30.5 Å². The molecule has 1 atom stereocenters. The molecule has 0 radical (unpaired) electrons. The van der Waals surface area contributed by atoms with Gasteiger partial charge in [0.05, 0.1) is 12.3 Å². The van der Waals surface area contributed by atoms with Gasteiger partial charge in [-0.25, -0.2) is 0 Å². The summed E-state index contributed by atoms with van der Waals surface area (Å²) in [6.07, 6.45) is 1.03. The molecule has 2 aromatic rings. The third kappa shape index (κ3) is 5.01. The average Bonchev–Trinajstić information content (AvgIpc) is 2.96. The molecule has 132 valence electrons. The zero-order chi connectivity index (χ0) is 17.7. The summed E-state index contributed by atoms with van der Waals surface area (Å²) in [6, 6.07) is 5.97. The van der Waals surface area contributed by atoms with Gasteiger partial charge in [-0.2, -0.15) is 13.9 Å². The van der Waals surface area contributed by atoms with Crippen LogP contribution in [0.4, 0.5) is 8.78 Å². The van der Waals surface area contributed by atoms with Crippen LogP contribution >= 0.6 is 0 Å². The lowest BCUT2D eigenvalue weighted by Crippen LogP contribution is -2.23. The van der Waals surface area contributed by atoms with Crippen molar-refractivity contribution in [2.75, 3.05) is 6.54 Å². The summed E-state index contributed by atoms with van der Waals surface area (Å²) in [5, 5.41) is 20.4. The molecule has 0 amide bonds. The number of nitrogens with zero attached hydrogens (tertiary/aromatic N) is 1. The minimum atomic E-state index is -2.85. The average molecular weight is 339 g/mol.